The summed E-state index contributed by atoms with van der Waals surface area (Å²) in [7, 11) is 1.89. The fraction of sp³-hybridized carbons (Fsp3) is 0.267. The van der Waals surface area contributed by atoms with E-state index in [0.717, 1.165) is 28.0 Å². The van der Waals surface area contributed by atoms with Crippen LogP contribution in [0.1, 0.15) is 28.6 Å². The zero-order valence-electron chi connectivity index (χ0n) is 11.3. The summed E-state index contributed by atoms with van der Waals surface area (Å²) >= 11 is 0. The highest BCUT2D eigenvalue weighted by Crippen LogP contribution is 2.31. The van der Waals surface area contributed by atoms with E-state index in [0.29, 0.717) is 0 Å². The molecule has 1 atom stereocenters. The normalized spacial score (nSPS) is 13.1. The molecule has 19 heavy (non-hydrogen) atoms. The molecule has 0 bridgehead atoms. The average molecular weight is 255 g/mol. The molecule has 98 valence electrons. The lowest BCUT2D eigenvalue weighted by Crippen LogP contribution is -2.16. The van der Waals surface area contributed by atoms with Gasteiger partial charge in [-0.3, -0.25) is 4.68 Å². The zero-order chi connectivity index (χ0) is 13.6. The van der Waals surface area contributed by atoms with Crippen molar-refractivity contribution in [2.24, 2.45) is 12.8 Å². The summed E-state index contributed by atoms with van der Waals surface area (Å²) in [4.78, 5) is 0. The number of benzene rings is 1. The van der Waals surface area contributed by atoms with E-state index in [1.165, 1.54) is 5.56 Å². The first-order valence-electron chi connectivity index (χ1n) is 6.31. The Balaban J connectivity index is 2.15. The highest BCUT2D eigenvalue weighted by atomic mass is 16.3. The molecule has 0 aliphatic carbocycles. The lowest BCUT2D eigenvalue weighted by Gasteiger charge is -2.10. The number of hydrogen-bond acceptors (Lipinski definition) is 3. The third-order valence-corrected chi connectivity index (χ3v) is 3.59. The number of nitrogens with zero attached hydrogens (tertiary/aromatic N) is 2. The Morgan fingerprint density at radius 3 is 2.74 bits per heavy atom. The third kappa shape index (κ3) is 1.85. The van der Waals surface area contributed by atoms with Crippen LogP contribution in [-0.4, -0.2) is 9.78 Å². The van der Waals surface area contributed by atoms with Crippen molar-refractivity contribution in [2.45, 2.75) is 19.9 Å². The Kier molecular flexibility index (Phi) is 2.68. The van der Waals surface area contributed by atoms with Crippen molar-refractivity contribution < 1.29 is 4.42 Å². The molecule has 4 nitrogen and oxygen atoms in total. The molecule has 4 heteroatoms. The molecule has 0 saturated carbocycles. The van der Waals surface area contributed by atoms with Crippen LogP contribution in [0.15, 0.2) is 34.9 Å². The third-order valence-electron chi connectivity index (χ3n) is 3.59. The van der Waals surface area contributed by atoms with Crippen LogP contribution in [0.3, 0.4) is 0 Å². The smallest absolute Gasteiger partial charge is 0.134 e. The molecule has 2 N–H and O–H groups in total. The largest absolute Gasteiger partial charge is 0.459 e. The highest BCUT2D eigenvalue weighted by molar-refractivity contribution is 5.83. The second-order valence-corrected chi connectivity index (χ2v) is 4.95. The summed E-state index contributed by atoms with van der Waals surface area (Å²) in [6.45, 7) is 4.13. The number of hydrogen-bond donors (Lipinski definition) is 1. The summed E-state index contributed by atoms with van der Waals surface area (Å²) in [5, 5.41) is 5.29. The van der Waals surface area contributed by atoms with Gasteiger partial charge in [-0.25, -0.2) is 0 Å². The molecule has 0 saturated heterocycles. The molecule has 1 aromatic carbocycles. The van der Waals surface area contributed by atoms with Crippen LogP contribution in [0, 0.1) is 13.8 Å². The van der Waals surface area contributed by atoms with Gasteiger partial charge in [-0.05, 0) is 32.0 Å². The van der Waals surface area contributed by atoms with Gasteiger partial charge in [0.05, 0.1) is 5.69 Å². The zero-order valence-corrected chi connectivity index (χ0v) is 11.3. The topological polar surface area (TPSA) is 57.0 Å². The quantitative estimate of drug-likeness (QED) is 0.766. The maximum atomic E-state index is 6.31. The second kappa shape index (κ2) is 4.24. The van der Waals surface area contributed by atoms with Crippen LogP contribution in [-0.2, 0) is 7.05 Å². The van der Waals surface area contributed by atoms with Crippen LogP contribution in [0.25, 0.3) is 11.0 Å². The average Bonchev–Trinajstić information content (AvgIpc) is 2.94. The van der Waals surface area contributed by atoms with E-state index in [1.54, 1.807) is 10.9 Å². The van der Waals surface area contributed by atoms with Gasteiger partial charge in [-0.1, -0.05) is 11.6 Å². The Hall–Kier alpha value is -2.07. The van der Waals surface area contributed by atoms with E-state index < -0.39 is 0 Å². The van der Waals surface area contributed by atoms with E-state index in [9.17, 15) is 0 Å². The van der Waals surface area contributed by atoms with Crippen molar-refractivity contribution in [3.63, 3.8) is 0 Å². The van der Waals surface area contributed by atoms with E-state index in [2.05, 4.69) is 25.0 Å². The molecule has 0 aliphatic rings. The van der Waals surface area contributed by atoms with Crippen molar-refractivity contribution in [2.75, 3.05) is 0 Å². The van der Waals surface area contributed by atoms with Crippen molar-refractivity contribution >= 4 is 11.0 Å². The Morgan fingerprint density at radius 1 is 1.26 bits per heavy atom. The molecule has 0 radical (unpaired) electrons. The van der Waals surface area contributed by atoms with Crippen LogP contribution >= 0.6 is 0 Å². The maximum Gasteiger partial charge on any atom is 0.134 e. The minimum absolute atomic E-state index is 0.291. The van der Waals surface area contributed by atoms with Crippen molar-refractivity contribution in [1.82, 2.24) is 9.78 Å². The minimum atomic E-state index is -0.291. The molecule has 1 unspecified atom stereocenters. The number of nitrogens with two attached hydrogens (primary N) is 1. The van der Waals surface area contributed by atoms with Crippen molar-refractivity contribution in [3.8, 4) is 0 Å². The lowest BCUT2D eigenvalue weighted by atomic mass is 10.0. The molecule has 3 aromatic rings. The Labute approximate surface area is 111 Å². The van der Waals surface area contributed by atoms with Gasteiger partial charge in [-0.15, -0.1) is 0 Å². The summed E-state index contributed by atoms with van der Waals surface area (Å²) in [6.07, 6.45) is 1.75. The Morgan fingerprint density at radius 2 is 2.05 bits per heavy atom. The standard InChI is InChI=1S/C15H17N3O/c1-9-4-5-13-11(8-9)10(2)15(19-13)14(16)12-6-7-17-18(12)3/h4-8,14H,16H2,1-3H3. The molecule has 2 aromatic heterocycles. The van der Waals surface area contributed by atoms with Crippen LogP contribution in [0.4, 0.5) is 0 Å². The predicted octanol–water partition coefficient (Wildman–Crippen LogP) is 2.83. The SMILES string of the molecule is Cc1ccc2oc(C(N)c3ccnn3C)c(C)c2c1. The van der Waals surface area contributed by atoms with Gasteiger partial charge in [0.25, 0.3) is 0 Å². The van der Waals surface area contributed by atoms with Gasteiger partial charge in [-0.2, -0.15) is 5.10 Å². The first kappa shape index (κ1) is 12.0. The Bertz CT molecular complexity index is 739. The van der Waals surface area contributed by atoms with Crippen LogP contribution < -0.4 is 5.73 Å². The maximum absolute atomic E-state index is 6.31. The molecule has 0 fully saturated rings. The van der Waals surface area contributed by atoms with E-state index >= 15 is 0 Å². The summed E-state index contributed by atoms with van der Waals surface area (Å²) in [6, 6.07) is 7.80. The molecule has 3 rings (SSSR count). The van der Waals surface area contributed by atoms with E-state index in [1.807, 2.05) is 25.2 Å². The monoisotopic (exact) mass is 255 g/mol. The van der Waals surface area contributed by atoms with E-state index in [4.69, 9.17) is 10.2 Å². The first-order valence-corrected chi connectivity index (χ1v) is 6.31. The van der Waals surface area contributed by atoms with Crippen LogP contribution in [0.2, 0.25) is 0 Å². The summed E-state index contributed by atoms with van der Waals surface area (Å²) in [5.41, 5.74) is 10.5. The van der Waals surface area contributed by atoms with E-state index in [-0.39, 0.29) is 6.04 Å². The number of rotatable bonds is 2. The molecule has 0 spiro atoms. The summed E-state index contributed by atoms with van der Waals surface area (Å²) in [5.74, 6) is 0.809. The van der Waals surface area contributed by atoms with Gasteiger partial charge in [0.1, 0.15) is 17.4 Å². The fourth-order valence-electron chi connectivity index (χ4n) is 2.47. The summed E-state index contributed by atoms with van der Waals surface area (Å²) < 4.78 is 7.71. The number of aryl methyl sites for hydroxylation is 3. The number of fused-ring (bicyclic) bond motifs is 1. The first-order chi connectivity index (χ1) is 9.08. The van der Waals surface area contributed by atoms with Gasteiger partial charge in [0, 0.05) is 24.2 Å². The fourth-order valence-corrected chi connectivity index (χ4v) is 2.47. The van der Waals surface area contributed by atoms with Gasteiger partial charge >= 0.3 is 0 Å². The number of aromatic nitrogens is 2. The number of furan rings is 1. The lowest BCUT2D eigenvalue weighted by molar-refractivity contribution is 0.506. The van der Waals surface area contributed by atoms with Gasteiger partial charge < -0.3 is 10.2 Å². The van der Waals surface area contributed by atoms with Crippen molar-refractivity contribution in [1.29, 1.82) is 0 Å². The minimum Gasteiger partial charge on any atom is -0.459 e. The molecular weight excluding hydrogens is 238 g/mol. The molecule has 0 amide bonds. The van der Waals surface area contributed by atoms with Crippen molar-refractivity contribution in [3.05, 3.63) is 53.0 Å². The predicted molar refractivity (Wildman–Crippen MR) is 74.9 cm³/mol. The highest BCUT2D eigenvalue weighted by Gasteiger charge is 2.20. The van der Waals surface area contributed by atoms with Gasteiger partial charge in [0.15, 0.2) is 0 Å². The molecular formula is C15H17N3O. The molecule has 0 aliphatic heterocycles. The van der Waals surface area contributed by atoms with Crippen LogP contribution in [0.5, 0.6) is 0 Å². The molecule has 2 heterocycles. The van der Waals surface area contributed by atoms with Gasteiger partial charge in [0.2, 0.25) is 0 Å². The second-order valence-electron chi connectivity index (χ2n) is 4.95.